The first-order valence-corrected chi connectivity index (χ1v) is 8.01. The number of benzene rings is 1. The standard InChI is InChI=1S/C12H9F3N2O7S/c13-12(14,15)25(22,23)24-5-1-2-6-7(3-5)8-4-16(9(6)10(18)19)11(20)17(8)21/h1-3,8-9,21H,4H2,(H,18,19)/t8-,9-/m1/s1. The van der Waals surface area contributed by atoms with Crippen LogP contribution >= 0.6 is 0 Å². The number of amides is 2. The molecule has 1 fully saturated rings. The van der Waals surface area contributed by atoms with Crippen LogP contribution in [0.5, 0.6) is 5.75 Å². The molecular weight excluding hydrogens is 373 g/mol. The highest BCUT2D eigenvalue weighted by Gasteiger charge is 2.51. The van der Waals surface area contributed by atoms with Crippen LogP contribution in [0.4, 0.5) is 18.0 Å². The second-order valence-electron chi connectivity index (χ2n) is 5.31. The van der Waals surface area contributed by atoms with Gasteiger partial charge in [0.05, 0.1) is 6.54 Å². The summed E-state index contributed by atoms with van der Waals surface area (Å²) >= 11 is 0. The Morgan fingerprint density at radius 2 is 1.92 bits per heavy atom. The van der Waals surface area contributed by atoms with E-state index < -0.39 is 45.5 Å². The highest BCUT2D eigenvalue weighted by molar-refractivity contribution is 7.88. The second-order valence-corrected chi connectivity index (χ2v) is 6.85. The maximum absolute atomic E-state index is 12.4. The fourth-order valence-electron chi connectivity index (χ4n) is 2.80. The number of carbonyl (C=O) groups excluding carboxylic acids is 1. The van der Waals surface area contributed by atoms with Crippen LogP contribution in [-0.4, -0.2) is 52.7 Å². The average Bonchev–Trinajstić information content (AvgIpc) is 2.72. The Morgan fingerprint density at radius 3 is 2.48 bits per heavy atom. The summed E-state index contributed by atoms with van der Waals surface area (Å²) < 4.78 is 63.3. The van der Waals surface area contributed by atoms with Gasteiger partial charge in [0.25, 0.3) is 0 Å². The first kappa shape index (κ1) is 17.3. The molecule has 1 aromatic carbocycles. The van der Waals surface area contributed by atoms with Crippen LogP contribution < -0.4 is 4.18 Å². The zero-order valence-corrected chi connectivity index (χ0v) is 12.8. The number of hydrogen-bond donors (Lipinski definition) is 2. The van der Waals surface area contributed by atoms with Crippen molar-refractivity contribution in [2.75, 3.05) is 6.54 Å². The third-order valence-corrected chi connectivity index (χ3v) is 4.83. The van der Waals surface area contributed by atoms with E-state index in [1.807, 2.05) is 0 Å². The molecule has 0 saturated carbocycles. The van der Waals surface area contributed by atoms with Gasteiger partial charge in [-0.2, -0.15) is 26.7 Å². The Hall–Kier alpha value is -2.54. The van der Waals surface area contributed by atoms with Gasteiger partial charge in [-0.05, 0) is 23.3 Å². The van der Waals surface area contributed by atoms with Crippen molar-refractivity contribution in [3.8, 4) is 5.75 Å². The summed E-state index contributed by atoms with van der Waals surface area (Å²) in [4.78, 5) is 24.2. The lowest BCUT2D eigenvalue weighted by atomic mass is 9.91. The summed E-state index contributed by atoms with van der Waals surface area (Å²) in [5.74, 6) is -2.14. The van der Waals surface area contributed by atoms with Crippen molar-refractivity contribution in [3.05, 3.63) is 29.3 Å². The maximum atomic E-state index is 12.4. The number of alkyl halides is 3. The Labute approximate surface area is 137 Å². The Bertz CT molecular complexity index is 870. The van der Waals surface area contributed by atoms with Crippen molar-refractivity contribution < 1.29 is 45.7 Å². The molecule has 0 unspecified atom stereocenters. The molecule has 13 heteroatoms. The molecule has 136 valence electrons. The number of fused-ring (bicyclic) bond motifs is 4. The van der Waals surface area contributed by atoms with Gasteiger partial charge in [-0.3, -0.25) is 5.21 Å². The number of hydrogen-bond acceptors (Lipinski definition) is 6. The first-order valence-electron chi connectivity index (χ1n) is 6.60. The molecule has 1 aromatic rings. The van der Waals surface area contributed by atoms with E-state index in [4.69, 9.17) is 0 Å². The molecule has 0 radical (unpaired) electrons. The zero-order chi connectivity index (χ0) is 18.7. The van der Waals surface area contributed by atoms with Crippen molar-refractivity contribution in [2.24, 2.45) is 0 Å². The molecule has 2 bridgehead atoms. The van der Waals surface area contributed by atoms with Crippen molar-refractivity contribution in [1.82, 2.24) is 9.96 Å². The molecule has 3 rings (SSSR count). The highest BCUT2D eigenvalue weighted by Crippen LogP contribution is 2.44. The number of nitrogens with zero attached hydrogens (tertiary/aromatic N) is 2. The number of hydroxylamine groups is 2. The van der Waals surface area contributed by atoms with Crippen LogP contribution in [0.25, 0.3) is 0 Å². The normalized spacial score (nSPS) is 22.8. The summed E-state index contributed by atoms with van der Waals surface area (Å²) in [7, 11) is -5.92. The average molecular weight is 382 g/mol. The molecule has 2 atom stereocenters. The maximum Gasteiger partial charge on any atom is 0.534 e. The van der Waals surface area contributed by atoms with Gasteiger partial charge in [0, 0.05) is 0 Å². The molecule has 0 spiro atoms. The zero-order valence-electron chi connectivity index (χ0n) is 12.0. The van der Waals surface area contributed by atoms with Crippen molar-refractivity contribution >= 4 is 22.1 Å². The number of carboxylic acid groups (broad SMARTS) is 1. The van der Waals surface area contributed by atoms with Gasteiger partial charge in [0.2, 0.25) is 0 Å². The predicted octanol–water partition coefficient (Wildman–Crippen LogP) is 1.22. The summed E-state index contributed by atoms with van der Waals surface area (Å²) in [5.41, 5.74) is -5.63. The largest absolute Gasteiger partial charge is 0.534 e. The molecule has 0 aromatic heterocycles. The summed E-state index contributed by atoms with van der Waals surface area (Å²) in [6.45, 7) is -0.227. The van der Waals surface area contributed by atoms with E-state index in [1.165, 1.54) is 0 Å². The van der Waals surface area contributed by atoms with Gasteiger partial charge < -0.3 is 14.2 Å². The van der Waals surface area contributed by atoms with E-state index in [-0.39, 0.29) is 22.7 Å². The minimum atomic E-state index is -5.92. The molecule has 1 saturated heterocycles. The lowest BCUT2D eigenvalue weighted by Gasteiger charge is -2.30. The van der Waals surface area contributed by atoms with Crippen molar-refractivity contribution in [3.63, 3.8) is 0 Å². The third kappa shape index (κ3) is 2.55. The number of aliphatic carboxylic acids is 1. The van der Waals surface area contributed by atoms with Crippen LogP contribution in [0.1, 0.15) is 23.2 Å². The molecular formula is C12H9F3N2O7S. The molecule has 25 heavy (non-hydrogen) atoms. The molecule has 2 heterocycles. The minimum absolute atomic E-state index is 0.0214. The number of halogens is 3. The number of carboxylic acids is 1. The SMILES string of the molecule is O=C(O)[C@H]1c2ccc(OS(=O)(=O)C(F)(F)F)cc2[C@H]2CN1C(=O)N2O. The van der Waals surface area contributed by atoms with Crippen LogP contribution in [0, 0.1) is 0 Å². The van der Waals surface area contributed by atoms with Gasteiger partial charge >= 0.3 is 27.6 Å². The summed E-state index contributed by atoms with van der Waals surface area (Å²) in [5, 5.41) is 19.3. The monoisotopic (exact) mass is 382 g/mol. The Balaban J connectivity index is 2.06. The van der Waals surface area contributed by atoms with E-state index in [1.54, 1.807) is 0 Å². The number of urea groups is 1. The second kappa shape index (κ2) is 5.23. The quantitative estimate of drug-likeness (QED) is 0.458. The molecule has 2 amide bonds. The van der Waals surface area contributed by atoms with Gasteiger partial charge in [-0.15, -0.1) is 0 Å². The van der Waals surface area contributed by atoms with E-state index in [0.29, 0.717) is 0 Å². The Kier molecular flexibility index (Phi) is 3.61. The van der Waals surface area contributed by atoms with Gasteiger partial charge in [0.1, 0.15) is 11.8 Å². The number of carbonyl (C=O) groups is 2. The van der Waals surface area contributed by atoms with Gasteiger partial charge in [-0.1, -0.05) is 6.07 Å². The van der Waals surface area contributed by atoms with Gasteiger partial charge in [-0.25, -0.2) is 9.59 Å². The first-order chi connectivity index (χ1) is 11.4. The molecule has 2 aliphatic rings. The van der Waals surface area contributed by atoms with E-state index in [0.717, 1.165) is 23.1 Å². The summed E-state index contributed by atoms with van der Waals surface area (Å²) in [6, 6.07) is -0.770. The highest BCUT2D eigenvalue weighted by atomic mass is 32.2. The Morgan fingerprint density at radius 1 is 1.28 bits per heavy atom. The van der Waals surface area contributed by atoms with E-state index in [9.17, 15) is 41.5 Å². The fraction of sp³-hybridized carbons (Fsp3) is 0.333. The lowest BCUT2D eigenvalue weighted by Crippen LogP contribution is -2.38. The van der Waals surface area contributed by atoms with Crippen LogP contribution in [-0.2, 0) is 14.9 Å². The third-order valence-electron chi connectivity index (χ3n) is 3.85. The molecule has 9 nitrogen and oxygen atoms in total. The molecule has 0 aliphatic carbocycles. The van der Waals surface area contributed by atoms with Crippen LogP contribution in [0.15, 0.2) is 18.2 Å². The lowest BCUT2D eigenvalue weighted by molar-refractivity contribution is -0.142. The topological polar surface area (TPSA) is 124 Å². The van der Waals surface area contributed by atoms with Crippen LogP contribution in [0.3, 0.4) is 0 Å². The van der Waals surface area contributed by atoms with E-state index in [2.05, 4.69) is 4.18 Å². The van der Waals surface area contributed by atoms with Crippen LogP contribution in [0.2, 0.25) is 0 Å². The fourth-order valence-corrected chi connectivity index (χ4v) is 3.25. The number of rotatable bonds is 3. The van der Waals surface area contributed by atoms with Crippen molar-refractivity contribution in [2.45, 2.75) is 17.6 Å². The minimum Gasteiger partial charge on any atom is -0.479 e. The van der Waals surface area contributed by atoms with Gasteiger partial charge in [0.15, 0.2) is 6.04 Å². The van der Waals surface area contributed by atoms with E-state index >= 15 is 0 Å². The predicted molar refractivity (Wildman–Crippen MR) is 70.9 cm³/mol. The molecule has 2 aliphatic heterocycles. The van der Waals surface area contributed by atoms with Crippen molar-refractivity contribution in [1.29, 1.82) is 0 Å². The smallest absolute Gasteiger partial charge is 0.479 e. The molecule has 2 N–H and O–H groups in total. The summed E-state index contributed by atoms with van der Waals surface area (Å²) in [6.07, 6.45) is 0.